The molecule has 1 aliphatic heterocycles. The van der Waals surface area contributed by atoms with Crippen LogP contribution in [0.1, 0.15) is 57.8 Å². The number of fused-ring (bicyclic) bond motifs is 1. The Morgan fingerprint density at radius 2 is 1.97 bits per heavy atom. The van der Waals surface area contributed by atoms with E-state index in [0.717, 1.165) is 6.04 Å². The van der Waals surface area contributed by atoms with Gasteiger partial charge in [-0.25, -0.2) is 14.8 Å². The molecule has 11 heteroatoms. The zero-order chi connectivity index (χ0) is 28.4. The van der Waals surface area contributed by atoms with Crippen molar-refractivity contribution < 1.29 is 19.4 Å². The minimum absolute atomic E-state index is 0.0125. The molecule has 2 unspecified atom stereocenters. The largest absolute Gasteiger partial charge is 0.465 e. The molecule has 3 heterocycles. The van der Waals surface area contributed by atoms with E-state index in [2.05, 4.69) is 50.6 Å². The predicted molar refractivity (Wildman–Crippen MR) is 154 cm³/mol. The quantitative estimate of drug-likeness (QED) is 0.341. The fraction of sp³-hybridized carbons (Fsp3) is 0.704. The van der Waals surface area contributed by atoms with Gasteiger partial charge in [-0.1, -0.05) is 40.4 Å². The number of aromatic nitrogens is 3. The first-order valence-corrected chi connectivity index (χ1v) is 17.3. The average Bonchev–Trinajstić information content (AvgIpc) is 3.17. The highest BCUT2D eigenvalue weighted by Crippen LogP contribution is 2.35. The third-order valence-corrected chi connectivity index (χ3v) is 8.88. The fourth-order valence-electron chi connectivity index (χ4n) is 4.89. The molecule has 3 rings (SSSR count). The molecule has 1 fully saturated rings. The normalized spacial score (nSPS) is 18.7. The molecule has 0 spiro atoms. The number of amides is 2. The summed E-state index contributed by atoms with van der Waals surface area (Å²) in [5.41, 5.74) is 1.43. The van der Waals surface area contributed by atoms with Gasteiger partial charge in [0.25, 0.3) is 5.91 Å². The van der Waals surface area contributed by atoms with Gasteiger partial charge in [0.1, 0.15) is 18.1 Å². The first-order chi connectivity index (χ1) is 17.6. The number of likely N-dealkylation sites (tertiary alicyclic amines) is 1. The van der Waals surface area contributed by atoms with Crippen molar-refractivity contribution in [3.8, 4) is 0 Å². The molecule has 2 aromatic rings. The van der Waals surface area contributed by atoms with Gasteiger partial charge in [0, 0.05) is 52.6 Å². The number of nitrogens with one attached hydrogen (secondary N) is 1. The summed E-state index contributed by atoms with van der Waals surface area (Å²) in [4.78, 5) is 38.2. The molecule has 0 aromatic carbocycles. The molecule has 2 aromatic heterocycles. The third kappa shape index (κ3) is 7.25. The van der Waals surface area contributed by atoms with Crippen molar-refractivity contribution in [3.63, 3.8) is 0 Å². The van der Waals surface area contributed by atoms with Gasteiger partial charge in [0.2, 0.25) is 0 Å². The van der Waals surface area contributed by atoms with Crippen LogP contribution in [0, 0.1) is 5.41 Å². The monoisotopic (exact) mass is 546 g/mol. The number of carbonyl (C=O) groups is 2. The molecule has 0 bridgehead atoms. The number of hydrogen-bond acceptors (Lipinski definition) is 6. The topological polar surface area (TPSA) is 113 Å². The van der Waals surface area contributed by atoms with Crippen LogP contribution in [0.2, 0.25) is 25.7 Å². The van der Waals surface area contributed by atoms with Crippen LogP contribution in [-0.2, 0) is 11.5 Å². The number of piperidine rings is 1. The van der Waals surface area contributed by atoms with Crippen molar-refractivity contribution in [2.75, 3.05) is 25.1 Å². The van der Waals surface area contributed by atoms with E-state index in [9.17, 15) is 14.7 Å². The molecule has 38 heavy (non-hydrogen) atoms. The Bertz CT molecular complexity index is 1140. The summed E-state index contributed by atoms with van der Waals surface area (Å²) < 4.78 is 7.81. The standard InChI is InChI=1S/C27H46N6O4Si/c1-18(2)29-25(34)20-16-32(17-37-12-13-38(7,8)9)24-23(20)30-22(15-28-24)31(6)19-10-11-33(26(35)36)21(14-19)27(3,4)5/h15-16,18-19,21H,10-14,17H2,1-9H3,(H,29,34)(H,35,36). The van der Waals surface area contributed by atoms with Crippen LogP contribution in [0.3, 0.4) is 0 Å². The van der Waals surface area contributed by atoms with E-state index in [1.807, 2.05) is 25.5 Å². The Kier molecular flexibility index (Phi) is 9.13. The second-order valence-corrected chi connectivity index (χ2v) is 18.7. The fourth-order valence-corrected chi connectivity index (χ4v) is 5.65. The lowest BCUT2D eigenvalue weighted by Crippen LogP contribution is -2.55. The molecule has 2 N–H and O–H groups in total. The van der Waals surface area contributed by atoms with E-state index in [-0.39, 0.29) is 29.4 Å². The molecule has 0 aliphatic carbocycles. The van der Waals surface area contributed by atoms with Gasteiger partial charge in [-0.3, -0.25) is 4.79 Å². The Morgan fingerprint density at radius 3 is 2.55 bits per heavy atom. The van der Waals surface area contributed by atoms with Crippen LogP contribution in [0.4, 0.5) is 10.6 Å². The van der Waals surface area contributed by atoms with Crippen molar-refractivity contribution in [2.45, 2.75) is 98.0 Å². The summed E-state index contributed by atoms with van der Waals surface area (Å²) in [5.74, 6) is 0.470. The van der Waals surface area contributed by atoms with Gasteiger partial charge in [0.15, 0.2) is 5.65 Å². The van der Waals surface area contributed by atoms with Gasteiger partial charge in [-0.05, 0) is 38.1 Å². The number of rotatable bonds is 9. The molecule has 2 amide bonds. The van der Waals surface area contributed by atoms with Crippen molar-refractivity contribution in [1.29, 1.82) is 0 Å². The summed E-state index contributed by atoms with van der Waals surface area (Å²) in [6.45, 7) is 18.5. The maximum Gasteiger partial charge on any atom is 0.407 e. The number of hydrogen-bond donors (Lipinski definition) is 2. The minimum Gasteiger partial charge on any atom is -0.465 e. The molecular formula is C27H46N6O4Si. The van der Waals surface area contributed by atoms with E-state index in [0.29, 0.717) is 55.3 Å². The van der Waals surface area contributed by atoms with Crippen molar-refractivity contribution in [3.05, 3.63) is 18.0 Å². The summed E-state index contributed by atoms with van der Waals surface area (Å²) in [6, 6.07) is 1.03. The first-order valence-electron chi connectivity index (χ1n) is 13.6. The Hall–Kier alpha value is -2.66. The average molecular weight is 547 g/mol. The Morgan fingerprint density at radius 1 is 1.29 bits per heavy atom. The molecule has 212 valence electrons. The van der Waals surface area contributed by atoms with Gasteiger partial charge in [-0.15, -0.1) is 0 Å². The highest BCUT2D eigenvalue weighted by atomic mass is 28.3. The summed E-state index contributed by atoms with van der Waals surface area (Å²) in [7, 11) is 0.761. The smallest absolute Gasteiger partial charge is 0.407 e. The van der Waals surface area contributed by atoms with Crippen molar-refractivity contribution >= 4 is 37.1 Å². The lowest BCUT2D eigenvalue weighted by atomic mass is 9.79. The van der Waals surface area contributed by atoms with Crippen LogP contribution < -0.4 is 10.2 Å². The molecule has 10 nitrogen and oxygen atoms in total. The Labute approximate surface area is 227 Å². The predicted octanol–water partition coefficient (Wildman–Crippen LogP) is 4.88. The minimum atomic E-state index is -1.21. The molecule has 1 aliphatic rings. The van der Waals surface area contributed by atoms with Gasteiger partial charge >= 0.3 is 6.09 Å². The van der Waals surface area contributed by atoms with Crippen LogP contribution >= 0.6 is 0 Å². The van der Waals surface area contributed by atoms with Crippen LogP contribution in [-0.4, -0.2) is 82.9 Å². The number of nitrogens with zero attached hydrogens (tertiary/aromatic N) is 5. The molecular weight excluding hydrogens is 500 g/mol. The highest BCUT2D eigenvalue weighted by Gasteiger charge is 2.40. The number of anilines is 1. The van der Waals surface area contributed by atoms with E-state index < -0.39 is 14.2 Å². The number of ether oxygens (including phenoxy) is 1. The lowest BCUT2D eigenvalue weighted by molar-refractivity contribution is 0.0527. The molecule has 1 saturated heterocycles. The van der Waals surface area contributed by atoms with Crippen LogP contribution in [0.25, 0.3) is 11.2 Å². The van der Waals surface area contributed by atoms with Gasteiger partial charge < -0.3 is 29.5 Å². The van der Waals surface area contributed by atoms with Crippen LogP contribution in [0.5, 0.6) is 0 Å². The van der Waals surface area contributed by atoms with Crippen molar-refractivity contribution in [1.82, 2.24) is 24.8 Å². The van der Waals surface area contributed by atoms with E-state index in [1.54, 1.807) is 17.3 Å². The third-order valence-electron chi connectivity index (χ3n) is 7.17. The van der Waals surface area contributed by atoms with Crippen molar-refractivity contribution in [2.24, 2.45) is 5.41 Å². The van der Waals surface area contributed by atoms with Gasteiger partial charge in [-0.2, -0.15) is 0 Å². The SMILES string of the molecule is CC(C)NC(=O)c1cn(COCC[Si](C)(C)C)c2ncc(N(C)C3CCN(C(=O)O)C(C(C)(C)C)C3)nc12. The summed E-state index contributed by atoms with van der Waals surface area (Å²) >= 11 is 0. The van der Waals surface area contributed by atoms with E-state index in [4.69, 9.17) is 14.7 Å². The molecule has 0 saturated carbocycles. The van der Waals surface area contributed by atoms with E-state index >= 15 is 0 Å². The highest BCUT2D eigenvalue weighted by molar-refractivity contribution is 6.76. The summed E-state index contributed by atoms with van der Waals surface area (Å²) in [6.07, 6.45) is 4.03. The Balaban J connectivity index is 1.90. The maximum absolute atomic E-state index is 13.1. The second-order valence-electron chi connectivity index (χ2n) is 13.0. The molecule has 2 atom stereocenters. The maximum atomic E-state index is 13.1. The lowest BCUT2D eigenvalue weighted by Gasteiger charge is -2.46. The number of carboxylic acid groups (broad SMARTS) is 1. The molecule has 0 radical (unpaired) electrons. The van der Waals surface area contributed by atoms with E-state index in [1.165, 1.54) is 0 Å². The van der Waals surface area contributed by atoms with Crippen LogP contribution in [0.15, 0.2) is 12.4 Å². The second kappa shape index (κ2) is 11.6. The zero-order valence-electron chi connectivity index (χ0n) is 24.5. The van der Waals surface area contributed by atoms with Gasteiger partial charge in [0.05, 0.1) is 11.8 Å². The number of carbonyl (C=O) groups excluding carboxylic acids is 1. The summed E-state index contributed by atoms with van der Waals surface area (Å²) in [5, 5.41) is 12.7. The first kappa shape index (κ1) is 29.9. The zero-order valence-corrected chi connectivity index (χ0v) is 25.5.